The first-order valence-corrected chi connectivity index (χ1v) is 11.8. The molecule has 0 fully saturated rings. The molecule has 4 heteroatoms. The number of rotatable bonds is 7. The first kappa shape index (κ1) is 14.4. The lowest BCUT2D eigenvalue weighted by Crippen LogP contribution is -2.36. The van der Waals surface area contributed by atoms with Crippen molar-refractivity contribution in [3.8, 4) is 0 Å². The van der Waals surface area contributed by atoms with Crippen molar-refractivity contribution in [2.24, 2.45) is 0 Å². The van der Waals surface area contributed by atoms with Crippen LogP contribution in [0.2, 0.25) is 38.3 Å². The van der Waals surface area contributed by atoms with Gasteiger partial charge < -0.3 is 8.85 Å². The molecular weight excluding hydrogens is 208 g/mol. The van der Waals surface area contributed by atoms with Crippen LogP contribution < -0.4 is 0 Å². The summed E-state index contributed by atoms with van der Waals surface area (Å²) in [5.74, 6) is 0. The van der Waals surface area contributed by atoms with Crippen molar-refractivity contribution in [3.63, 3.8) is 0 Å². The average Bonchev–Trinajstić information content (AvgIpc) is 2.01. The third kappa shape index (κ3) is 6.76. The minimum absolute atomic E-state index is 0.857. The van der Waals surface area contributed by atoms with Crippen LogP contribution in [0.1, 0.15) is 13.8 Å². The fourth-order valence-electron chi connectivity index (χ4n) is 1.53. The van der Waals surface area contributed by atoms with Crippen LogP contribution in [0.15, 0.2) is 0 Å². The first-order valence-electron chi connectivity index (χ1n) is 5.61. The molecule has 0 spiro atoms. The van der Waals surface area contributed by atoms with Gasteiger partial charge in [-0.15, -0.1) is 0 Å². The Kier molecular flexibility index (Phi) is 6.20. The third-order valence-corrected chi connectivity index (χ3v) is 7.95. The summed E-state index contributed by atoms with van der Waals surface area (Å²) >= 11 is 0. The van der Waals surface area contributed by atoms with Gasteiger partial charge in [0.1, 0.15) is 0 Å². The molecule has 0 bridgehead atoms. The summed E-state index contributed by atoms with van der Waals surface area (Å²) in [5, 5.41) is 0. The number of hydrogen-bond donors (Lipinski definition) is 0. The fraction of sp³-hybridized carbons (Fsp3) is 1.00. The van der Waals surface area contributed by atoms with Gasteiger partial charge in [-0.3, -0.25) is 0 Å². The molecule has 0 aliphatic rings. The topological polar surface area (TPSA) is 18.5 Å². The first-order chi connectivity index (χ1) is 6.33. The molecule has 0 aromatic rings. The largest absolute Gasteiger partial charge is 0.418 e. The molecule has 0 saturated heterocycles. The van der Waals surface area contributed by atoms with Crippen LogP contribution in [0.25, 0.3) is 0 Å². The van der Waals surface area contributed by atoms with Crippen LogP contribution in [0.4, 0.5) is 0 Å². The van der Waals surface area contributed by atoms with Gasteiger partial charge in [0.2, 0.25) is 0 Å². The Morgan fingerprint density at radius 3 is 1.21 bits per heavy atom. The third-order valence-electron chi connectivity index (χ3n) is 2.40. The van der Waals surface area contributed by atoms with Crippen LogP contribution in [0.5, 0.6) is 0 Å². The lowest BCUT2D eigenvalue weighted by atomic mass is 10.9. The van der Waals surface area contributed by atoms with E-state index in [9.17, 15) is 0 Å². The molecule has 0 unspecified atom stereocenters. The standard InChI is InChI=1S/C10H26O2Si2/c1-7-11-13(3,4)9-10-14(5,6)12-8-2/h7-10H2,1-6H3. The van der Waals surface area contributed by atoms with Crippen LogP contribution in [0, 0.1) is 0 Å². The van der Waals surface area contributed by atoms with Gasteiger partial charge in [0.15, 0.2) is 16.6 Å². The lowest BCUT2D eigenvalue weighted by molar-refractivity contribution is 0.320. The van der Waals surface area contributed by atoms with E-state index in [-0.39, 0.29) is 0 Å². The molecule has 0 radical (unpaired) electrons. The van der Waals surface area contributed by atoms with Crippen LogP contribution in [-0.2, 0) is 8.85 Å². The lowest BCUT2D eigenvalue weighted by Gasteiger charge is -2.27. The summed E-state index contributed by atoms with van der Waals surface area (Å²) < 4.78 is 11.6. The van der Waals surface area contributed by atoms with Gasteiger partial charge in [-0.05, 0) is 52.1 Å². The summed E-state index contributed by atoms with van der Waals surface area (Å²) in [6.07, 6.45) is 0. The molecule has 0 aromatic carbocycles. The Morgan fingerprint density at radius 1 is 0.714 bits per heavy atom. The SMILES string of the molecule is CCO[Si](C)(C)CC[Si](C)(C)OCC. The number of hydrogen-bond acceptors (Lipinski definition) is 2. The van der Waals surface area contributed by atoms with E-state index in [2.05, 4.69) is 40.0 Å². The molecule has 0 amide bonds. The van der Waals surface area contributed by atoms with Gasteiger partial charge in [-0.2, -0.15) is 0 Å². The molecule has 86 valence electrons. The molecule has 0 aliphatic heterocycles. The molecule has 0 rings (SSSR count). The normalized spacial score (nSPS) is 13.3. The van der Waals surface area contributed by atoms with Crippen molar-refractivity contribution in [1.29, 1.82) is 0 Å². The van der Waals surface area contributed by atoms with Gasteiger partial charge in [-0.25, -0.2) is 0 Å². The summed E-state index contributed by atoms with van der Waals surface area (Å²) in [5.41, 5.74) is 0. The van der Waals surface area contributed by atoms with Gasteiger partial charge in [0, 0.05) is 13.2 Å². The summed E-state index contributed by atoms with van der Waals surface area (Å²) in [6.45, 7) is 15.1. The molecule has 0 N–H and O–H groups in total. The Balaban J connectivity index is 3.90. The highest BCUT2D eigenvalue weighted by Crippen LogP contribution is 2.21. The highest BCUT2D eigenvalue weighted by atomic mass is 28.4. The van der Waals surface area contributed by atoms with E-state index < -0.39 is 16.6 Å². The summed E-state index contributed by atoms with van der Waals surface area (Å²) in [6, 6.07) is 2.47. The zero-order valence-electron chi connectivity index (χ0n) is 10.6. The summed E-state index contributed by atoms with van der Waals surface area (Å²) in [7, 11) is -2.77. The van der Waals surface area contributed by atoms with E-state index in [1.54, 1.807) is 0 Å². The fourth-order valence-corrected chi connectivity index (χ4v) is 8.20. The van der Waals surface area contributed by atoms with Crippen LogP contribution in [-0.4, -0.2) is 29.8 Å². The summed E-state index contributed by atoms with van der Waals surface area (Å²) in [4.78, 5) is 0. The van der Waals surface area contributed by atoms with E-state index in [0.29, 0.717) is 0 Å². The van der Waals surface area contributed by atoms with Crippen molar-refractivity contribution >= 4 is 16.6 Å². The predicted octanol–water partition coefficient (Wildman–Crippen LogP) is 3.47. The zero-order chi connectivity index (χ0) is 11.2. The molecule has 0 saturated carbocycles. The van der Waals surface area contributed by atoms with Gasteiger partial charge in [0.25, 0.3) is 0 Å². The molecule has 0 aromatic heterocycles. The van der Waals surface area contributed by atoms with Gasteiger partial charge in [-0.1, -0.05) is 0 Å². The van der Waals surface area contributed by atoms with Crippen molar-refractivity contribution in [1.82, 2.24) is 0 Å². The second-order valence-electron chi connectivity index (χ2n) is 4.89. The van der Waals surface area contributed by atoms with E-state index in [1.165, 1.54) is 12.1 Å². The molecule has 0 heterocycles. The predicted molar refractivity (Wildman–Crippen MR) is 67.8 cm³/mol. The molecule has 2 nitrogen and oxygen atoms in total. The quantitative estimate of drug-likeness (QED) is 0.628. The maximum atomic E-state index is 5.81. The Labute approximate surface area is 91.3 Å². The van der Waals surface area contributed by atoms with Crippen LogP contribution >= 0.6 is 0 Å². The van der Waals surface area contributed by atoms with E-state index in [4.69, 9.17) is 8.85 Å². The molecular formula is C10H26O2Si2. The molecule has 0 aliphatic carbocycles. The Bertz CT molecular complexity index is 140. The van der Waals surface area contributed by atoms with Crippen molar-refractivity contribution < 1.29 is 8.85 Å². The maximum absolute atomic E-state index is 5.81. The smallest absolute Gasteiger partial charge is 0.186 e. The van der Waals surface area contributed by atoms with E-state index >= 15 is 0 Å². The van der Waals surface area contributed by atoms with Gasteiger partial charge in [0.05, 0.1) is 0 Å². The van der Waals surface area contributed by atoms with Crippen LogP contribution in [0.3, 0.4) is 0 Å². The second kappa shape index (κ2) is 6.05. The zero-order valence-corrected chi connectivity index (χ0v) is 12.6. The van der Waals surface area contributed by atoms with E-state index in [1.807, 2.05) is 0 Å². The minimum atomic E-state index is -1.39. The molecule has 0 atom stereocenters. The van der Waals surface area contributed by atoms with Gasteiger partial charge >= 0.3 is 0 Å². The Hall–Kier alpha value is 0.354. The molecule has 14 heavy (non-hydrogen) atoms. The average molecular weight is 234 g/mol. The van der Waals surface area contributed by atoms with E-state index in [0.717, 1.165) is 13.2 Å². The van der Waals surface area contributed by atoms with Crippen molar-refractivity contribution in [2.75, 3.05) is 13.2 Å². The Morgan fingerprint density at radius 2 is 1.00 bits per heavy atom. The second-order valence-corrected chi connectivity index (χ2v) is 13.5. The van der Waals surface area contributed by atoms with Crippen molar-refractivity contribution in [3.05, 3.63) is 0 Å². The highest BCUT2D eigenvalue weighted by molar-refractivity contribution is 6.76. The monoisotopic (exact) mass is 234 g/mol. The van der Waals surface area contributed by atoms with Crippen molar-refractivity contribution in [2.45, 2.75) is 52.1 Å². The minimum Gasteiger partial charge on any atom is -0.418 e. The maximum Gasteiger partial charge on any atom is 0.186 e. The highest BCUT2D eigenvalue weighted by Gasteiger charge is 2.28.